The molecule has 1 saturated heterocycles. The van der Waals surface area contributed by atoms with Crippen molar-refractivity contribution >= 4 is 27.9 Å². The van der Waals surface area contributed by atoms with E-state index in [1.54, 1.807) is 31.2 Å². The average Bonchev–Trinajstić information content (AvgIpc) is 2.85. The number of nitrogens with zero attached hydrogens (tertiary/aromatic N) is 1. The zero-order valence-corrected chi connectivity index (χ0v) is 19.3. The number of aromatic hydroxyl groups is 1. The number of likely N-dealkylation sites (tertiary alicyclic amines) is 1. The second-order valence-electron chi connectivity index (χ2n) is 8.71. The van der Waals surface area contributed by atoms with Gasteiger partial charge in [-0.25, -0.2) is 9.59 Å². The molecule has 0 spiro atoms. The quantitative estimate of drug-likeness (QED) is 0.340. The van der Waals surface area contributed by atoms with Crippen molar-refractivity contribution in [2.45, 2.75) is 26.3 Å². The van der Waals surface area contributed by atoms with Crippen molar-refractivity contribution in [2.24, 2.45) is 5.92 Å². The Kier molecular flexibility index (Phi) is 6.13. The molecule has 5 rings (SSSR count). The summed E-state index contributed by atoms with van der Waals surface area (Å²) in [5, 5.41) is 11.9. The molecule has 0 aliphatic carbocycles. The Hall–Kier alpha value is -3.91. The van der Waals surface area contributed by atoms with Crippen LogP contribution in [0.15, 0.2) is 67.0 Å². The van der Waals surface area contributed by atoms with Gasteiger partial charge in [0.05, 0.1) is 23.7 Å². The number of rotatable bonds is 5. The fourth-order valence-electron chi connectivity index (χ4n) is 4.71. The second kappa shape index (κ2) is 9.38. The molecular weight excluding hydrogens is 450 g/mol. The molecule has 35 heavy (non-hydrogen) atoms. The van der Waals surface area contributed by atoms with Gasteiger partial charge in [-0.3, -0.25) is 9.69 Å². The Morgan fingerprint density at radius 3 is 2.60 bits per heavy atom. The number of carbonyl (C=O) groups is 1. The summed E-state index contributed by atoms with van der Waals surface area (Å²) in [5.41, 5.74) is 0.581. The molecule has 2 aromatic heterocycles. The zero-order valence-electron chi connectivity index (χ0n) is 19.3. The van der Waals surface area contributed by atoms with Crippen LogP contribution in [0.3, 0.4) is 0 Å². The first kappa shape index (κ1) is 22.9. The lowest BCUT2D eigenvalue weighted by atomic mass is 9.96. The topological polar surface area (TPSA) is 110 Å². The summed E-state index contributed by atoms with van der Waals surface area (Å²) in [6.07, 6.45) is 1.30. The van der Waals surface area contributed by atoms with Crippen LogP contribution in [0, 0.1) is 5.92 Å². The first-order valence-corrected chi connectivity index (χ1v) is 11.7. The molecule has 0 unspecified atom stereocenters. The number of phenols is 1. The molecule has 1 fully saturated rings. The average molecular weight is 475 g/mol. The van der Waals surface area contributed by atoms with E-state index < -0.39 is 11.3 Å². The highest BCUT2D eigenvalue weighted by molar-refractivity contribution is 5.97. The van der Waals surface area contributed by atoms with E-state index in [2.05, 4.69) is 4.90 Å². The van der Waals surface area contributed by atoms with Crippen LogP contribution >= 0.6 is 0 Å². The summed E-state index contributed by atoms with van der Waals surface area (Å²) >= 11 is 0. The van der Waals surface area contributed by atoms with Gasteiger partial charge in [0.25, 0.3) is 0 Å². The first-order chi connectivity index (χ1) is 16.9. The highest BCUT2D eigenvalue weighted by Crippen LogP contribution is 2.34. The van der Waals surface area contributed by atoms with Gasteiger partial charge in [0.1, 0.15) is 16.9 Å². The van der Waals surface area contributed by atoms with Crippen LogP contribution in [-0.4, -0.2) is 35.7 Å². The molecule has 0 bridgehead atoms. The minimum atomic E-state index is -0.632. The van der Waals surface area contributed by atoms with E-state index in [0.29, 0.717) is 61.2 Å². The van der Waals surface area contributed by atoms with E-state index >= 15 is 0 Å². The highest BCUT2D eigenvalue weighted by atomic mass is 16.5. The van der Waals surface area contributed by atoms with E-state index in [-0.39, 0.29) is 28.8 Å². The van der Waals surface area contributed by atoms with Crippen LogP contribution < -0.4 is 11.3 Å². The maximum atomic E-state index is 12.8. The molecule has 1 N–H and O–H groups in total. The molecule has 0 radical (unpaired) electrons. The summed E-state index contributed by atoms with van der Waals surface area (Å²) in [6.45, 7) is 3.76. The van der Waals surface area contributed by atoms with Gasteiger partial charge < -0.3 is 18.7 Å². The number of fused-ring (bicyclic) bond motifs is 2. The summed E-state index contributed by atoms with van der Waals surface area (Å²) in [4.78, 5) is 39.5. The largest absolute Gasteiger partial charge is 0.507 e. The van der Waals surface area contributed by atoms with E-state index in [4.69, 9.17) is 13.6 Å². The van der Waals surface area contributed by atoms with Crippen molar-refractivity contribution < 1.29 is 23.5 Å². The summed E-state index contributed by atoms with van der Waals surface area (Å²) in [7, 11) is 0. The van der Waals surface area contributed by atoms with E-state index in [9.17, 15) is 19.5 Å². The maximum Gasteiger partial charge on any atom is 0.344 e. The van der Waals surface area contributed by atoms with Crippen molar-refractivity contribution in [1.29, 1.82) is 0 Å². The first-order valence-electron chi connectivity index (χ1n) is 11.7. The van der Waals surface area contributed by atoms with Crippen molar-refractivity contribution in [3.05, 3.63) is 74.9 Å². The molecule has 3 heterocycles. The van der Waals surface area contributed by atoms with Crippen molar-refractivity contribution in [1.82, 2.24) is 4.90 Å². The Labute approximate surface area is 200 Å². The SMILES string of the molecule is CCOC(=O)C1CCN(Cc2c(O)ccc3c(-c4cc5ccccc5oc4=O)cc(=O)oc23)CC1. The molecule has 2 aromatic carbocycles. The van der Waals surface area contributed by atoms with Crippen LogP contribution in [0.25, 0.3) is 33.1 Å². The van der Waals surface area contributed by atoms with Gasteiger partial charge in [0.2, 0.25) is 0 Å². The standard InChI is InChI=1S/C27H25NO7/c1-2-33-26(31)16-9-11-28(12-10-16)15-21-22(29)8-7-18-19(14-24(30)35-25(18)21)20-13-17-5-3-4-6-23(17)34-27(20)32/h3-8,13-14,16,29H,2,9-12,15H2,1H3. The predicted molar refractivity (Wildman–Crippen MR) is 130 cm³/mol. The van der Waals surface area contributed by atoms with Gasteiger partial charge in [-0.15, -0.1) is 0 Å². The van der Waals surface area contributed by atoms with Crippen LogP contribution in [0.2, 0.25) is 0 Å². The Morgan fingerprint density at radius 2 is 1.83 bits per heavy atom. The molecule has 0 saturated carbocycles. The molecule has 8 heteroatoms. The van der Waals surface area contributed by atoms with Crippen molar-refractivity contribution in [3.63, 3.8) is 0 Å². The van der Waals surface area contributed by atoms with Crippen LogP contribution in [0.1, 0.15) is 25.3 Å². The number of hydrogen-bond donors (Lipinski definition) is 1. The van der Waals surface area contributed by atoms with Gasteiger partial charge in [0.15, 0.2) is 0 Å². The molecule has 0 atom stereocenters. The number of hydrogen-bond acceptors (Lipinski definition) is 8. The number of esters is 1. The number of carbonyl (C=O) groups excluding carboxylic acids is 1. The van der Waals surface area contributed by atoms with E-state index in [1.807, 2.05) is 12.1 Å². The lowest BCUT2D eigenvalue weighted by molar-refractivity contribution is -0.149. The minimum Gasteiger partial charge on any atom is -0.507 e. The van der Waals surface area contributed by atoms with Gasteiger partial charge in [-0.05, 0) is 57.1 Å². The number of phenolic OH excluding ortho intramolecular Hbond substituents is 1. The third-order valence-corrected chi connectivity index (χ3v) is 6.51. The third kappa shape index (κ3) is 4.44. The maximum absolute atomic E-state index is 12.8. The molecule has 1 aliphatic heterocycles. The minimum absolute atomic E-state index is 0.00383. The zero-order chi connectivity index (χ0) is 24.5. The molecule has 0 amide bonds. The van der Waals surface area contributed by atoms with Crippen LogP contribution in [0.4, 0.5) is 0 Å². The lowest BCUT2D eigenvalue weighted by Gasteiger charge is -2.31. The van der Waals surface area contributed by atoms with Crippen LogP contribution in [0.5, 0.6) is 5.75 Å². The molecule has 180 valence electrons. The van der Waals surface area contributed by atoms with Crippen molar-refractivity contribution in [2.75, 3.05) is 19.7 Å². The summed E-state index contributed by atoms with van der Waals surface area (Å²) < 4.78 is 16.2. The van der Waals surface area contributed by atoms with Gasteiger partial charge in [-0.2, -0.15) is 0 Å². The summed E-state index contributed by atoms with van der Waals surface area (Å²) in [6, 6.07) is 13.3. The van der Waals surface area contributed by atoms with Gasteiger partial charge in [-0.1, -0.05) is 18.2 Å². The molecule has 4 aromatic rings. The fraction of sp³-hybridized carbons (Fsp3) is 0.296. The number of benzene rings is 2. The number of ether oxygens (including phenoxy) is 1. The smallest absolute Gasteiger partial charge is 0.344 e. The number of para-hydroxylation sites is 1. The predicted octanol–water partition coefficient (Wildman–Crippen LogP) is 4.05. The normalized spacial score (nSPS) is 15.0. The van der Waals surface area contributed by atoms with E-state index in [1.165, 1.54) is 12.1 Å². The molecule has 8 nitrogen and oxygen atoms in total. The third-order valence-electron chi connectivity index (χ3n) is 6.51. The fourth-order valence-corrected chi connectivity index (χ4v) is 4.71. The highest BCUT2D eigenvalue weighted by Gasteiger charge is 2.27. The van der Waals surface area contributed by atoms with Crippen molar-refractivity contribution in [3.8, 4) is 16.9 Å². The van der Waals surface area contributed by atoms with Crippen LogP contribution in [-0.2, 0) is 16.1 Å². The number of piperidine rings is 1. The molecule has 1 aliphatic rings. The second-order valence-corrected chi connectivity index (χ2v) is 8.71. The summed E-state index contributed by atoms with van der Waals surface area (Å²) in [5.74, 6) is -0.315. The lowest BCUT2D eigenvalue weighted by Crippen LogP contribution is -2.36. The Bertz CT molecular complexity index is 1530. The van der Waals surface area contributed by atoms with Gasteiger partial charge in [0, 0.05) is 28.9 Å². The Balaban J connectivity index is 1.53. The monoisotopic (exact) mass is 475 g/mol. The Morgan fingerprint density at radius 1 is 1.06 bits per heavy atom. The van der Waals surface area contributed by atoms with E-state index in [0.717, 1.165) is 5.39 Å². The van der Waals surface area contributed by atoms with Gasteiger partial charge >= 0.3 is 17.2 Å². The molecular formula is C27H25NO7.